The van der Waals surface area contributed by atoms with Crippen molar-refractivity contribution in [3.05, 3.63) is 42.1 Å². The molecule has 0 atom stereocenters. The number of aromatic nitrogens is 2. The Morgan fingerprint density at radius 2 is 2.24 bits per heavy atom. The smallest absolute Gasteiger partial charge is 0.279 e. The molecule has 0 unspecified atom stereocenters. The van der Waals surface area contributed by atoms with Crippen LogP contribution in [0.15, 0.2) is 35.7 Å². The van der Waals surface area contributed by atoms with E-state index < -0.39 is 15.8 Å². The molecular weight excluding hydrogens is 297 g/mol. The van der Waals surface area contributed by atoms with Gasteiger partial charge in [0.05, 0.1) is 24.8 Å². The standard InChI is InChI=1S/C13H12FN3O3S/c14-11-7-10(3-1-2-6-18)4-5-12(11)17-21(19,20)13-8-15-9-16-13/h4-5,7-9,17-18H,2,6H2,(H,15,16). The number of nitrogens with zero attached hydrogens (tertiary/aromatic N) is 1. The molecule has 1 aromatic heterocycles. The minimum Gasteiger partial charge on any atom is -0.395 e. The van der Waals surface area contributed by atoms with Crippen LogP contribution in [0.1, 0.15) is 12.0 Å². The molecule has 2 aromatic rings. The number of sulfonamides is 1. The summed E-state index contributed by atoms with van der Waals surface area (Å²) in [6.45, 7) is -0.0719. The predicted octanol–water partition coefficient (Wildman–Crippen LogP) is 1.08. The van der Waals surface area contributed by atoms with Crippen molar-refractivity contribution in [1.29, 1.82) is 0 Å². The molecule has 8 heteroatoms. The quantitative estimate of drug-likeness (QED) is 0.737. The minimum absolute atomic E-state index is 0.0719. The third kappa shape index (κ3) is 3.81. The molecule has 1 aromatic carbocycles. The maximum Gasteiger partial charge on any atom is 0.279 e. The van der Waals surface area contributed by atoms with Gasteiger partial charge in [-0.25, -0.2) is 9.37 Å². The first-order valence-electron chi connectivity index (χ1n) is 5.93. The lowest BCUT2D eigenvalue weighted by Gasteiger charge is -2.07. The number of rotatable bonds is 4. The lowest BCUT2D eigenvalue weighted by Crippen LogP contribution is -2.14. The Morgan fingerprint density at radius 1 is 1.43 bits per heavy atom. The maximum atomic E-state index is 13.9. The molecule has 0 spiro atoms. The monoisotopic (exact) mass is 309 g/mol. The topological polar surface area (TPSA) is 95.1 Å². The van der Waals surface area contributed by atoms with Crippen LogP contribution in [0.3, 0.4) is 0 Å². The van der Waals surface area contributed by atoms with Crippen molar-refractivity contribution in [2.75, 3.05) is 11.3 Å². The molecule has 0 saturated heterocycles. The Hall–Kier alpha value is -2.37. The van der Waals surface area contributed by atoms with E-state index in [1.54, 1.807) is 0 Å². The fraction of sp³-hybridized carbons (Fsp3) is 0.154. The third-order valence-electron chi connectivity index (χ3n) is 2.45. The lowest BCUT2D eigenvalue weighted by atomic mass is 10.2. The van der Waals surface area contributed by atoms with Crippen LogP contribution in [0.5, 0.6) is 0 Å². The van der Waals surface area contributed by atoms with Crippen molar-refractivity contribution in [1.82, 2.24) is 9.97 Å². The summed E-state index contributed by atoms with van der Waals surface area (Å²) in [7, 11) is -3.90. The second-order valence-corrected chi connectivity index (χ2v) is 5.64. The molecular formula is C13H12FN3O3S. The van der Waals surface area contributed by atoms with Gasteiger partial charge in [-0.3, -0.25) is 4.72 Å². The molecule has 1 heterocycles. The Labute approximate surface area is 121 Å². The summed E-state index contributed by atoms with van der Waals surface area (Å²) in [5.41, 5.74) is 0.211. The van der Waals surface area contributed by atoms with Gasteiger partial charge in [-0.2, -0.15) is 8.42 Å². The van der Waals surface area contributed by atoms with Gasteiger partial charge >= 0.3 is 0 Å². The molecule has 21 heavy (non-hydrogen) atoms. The largest absolute Gasteiger partial charge is 0.395 e. The molecule has 0 saturated carbocycles. The Morgan fingerprint density at radius 3 is 2.86 bits per heavy atom. The number of hydrogen-bond acceptors (Lipinski definition) is 4. The zero-order valence-corrected chi connectivity index (χ0v) is 11.6. The van der Waals surface area contributed by atoms with Crippen molar-refractivity contribution in [2.24, 2.45) is 0 Å². The van der Waals surface area contributed by atoms with Gasteiger partial charge in [0.1, 0.15) is 5.82 Å². The normalized spacial score (nSPS) is 10.8. The van der Waals surface area contributed by atoms with E-state index in [-0.39, 0.29) is 23.7 Å². The Bertz CT molecular complexity index is 777. The van der Waals surface area contributed by atoms with Crippen LogP contribution in [0.25, 0.3) is 0 Å². The number of H-pyrrole nitrogens is 1. The average Bonchev–Trinajstić information content (AvgIpc) is 2.97. The first-order valence-corrected chi connectivity index (χ1v) is 7.42. The van der Waals surface area contributed by atoms with Crippen LogP contribution in [0, 0.1) is 17.7 Å². The van der Waals surface area contributed by atoms with Gasteiger partial charge in [-0.15, -0.1) is 0 Å². The molecule has 0 aliphatic heterocycles. The van der Waals surface area contributed by atoms with Crippen molar-refractivity contribution in [2.45, 2.75) is 11.4 Å². The molecule has 2 rings (SSSR count). The van der Waals surface area contributed by atoms with E-state index in [0.29, 0.717) is 5.56 Å². The summed E-state index contributed by atoms with van der Waals surface area (Å²) >= 11 is 0. The maximum absolute atomic E-state index is 13.9. The summed E-state index contributed by atoms with van der Waals surface area (Å²) in [4.78, 5) is 6.03. The summed E-state index contributed by atoms with van der Waals surface area (Å²) in [6, 6.07) is 3.89. The van der Waals surface area contributed by atoms with E-state index in [2.05, 4.69) is 26.5 Å². The van der Waals surface area contributed by atoms with E-state index in [9.17, 15) is 12.8 Å². The Balaban J connectivity index is 2.21. The molecule has 0 aliphatic carbocycles. The van der Waals surface area contributed by atoms with E-state index in [4.69, 9.17) is 5.11 Å². The number of imidazole rings is 1. The van der Waals surface area contributed by atoms with Crippen LogP contribution in [-0.2, 0) is 10.0 Å². The Kier molecular flexibility index (Phi) is 4.57. The zero-order chi connectivity index (χ0) is 15.3. The lowest BCUT2D eigenvalue weighted by molar-refractivity contribution is 0.305. The van der Waals surface area contributed by atoms with Crippen LogP contribution in [-0.4, -0.2) is 30.1 Å². The third-order valence-corrected chi connectivity index (χ3v) is 3.74. The number of nitrogens with one attached hydrogen (secondary N) is 2. The molecule has 3 N–H and O–H groups in total. The second-order valence-electron chi connectivity index (χ2n) is 3.99. The predicted molar refractivity (Wildman–Crippen MR) is 74.4 cm³/mol. The van der Waals surface area contributed by atoms with Gasteiger partial charge in [0.2, 0.25) is 0 Å². The fourth-order valence-corrected chi connectivity index (χ4v) is 2.46. The number of aromatic amines is 1. The molecule has 0 radical (unpaired) electrons. The summed E-state index contributed by atoms with van der Waals surface area (Å²) < 4.78 is 39.8. The van der Waals surface area contributed by atoms with Crippen molar-refractivity contribution in [3.63, 3.8) is 0 Å². The van der Waals surface area contributed by atoms with Crippen molar-refractivity contribution >= 4 is 15.7 Å². The van der Waals surface area contributed by atoms with Gasteiger partial charge in [0.15, 0.2) is 5.03 Å². The number of halogens is 1. The van der Waals surface area contributed by atoms with Crippen LogP contribution < -0.4 is 4.72 Å². The number of aliphatic hydroxyl groups is 1. The molecule has 0 fully saturated rings. The first-order chi connectivity index (χ1) is 10.0. The van der Waals surface area contributed by atoms with E-state index >= 15 is 0 Å². The van der Waals surface area contributed by atoms with Gasteiger partial charge in [0, 0.05) is 12.0 Å². The van der Waals surface area contributed by atoms with Crippen LogP contribution in [0.2, 0.25) is 0 Å². The van der Waals surface area contributed by atoms with E-state index in [1.807, 2.05) is 0 Å². The molecule has 0 bridgehead atoms. The fourth-order valence-electron chi connectivity index (χ4n) is 1.49. The van der Waals surface area contributed by atoms with E-state index in [1.165, 1.54) is 18.5 Å². The van der Waals surface area contributed by atoms with Crippen LogP contribution in [0.4, 0.5) is 10.1 Å². The van der Waals surface area contributed by atoms with Crippen molar-refractivity contribution in [3.8, 4) is 11.8 Å². The number of anilines is 1. The molecule has 0 aliphatic rings. The summed E-state index contributed by atoms with van der Waals surface area (Å²) in [5, 5.41) is 8.44. The number of hydrogen-bond donors (Lipinski definition) is 3. The van der Waals surface area contributed by atoms with Gasteiger partial charge in [-0.1, -0.05) is 11.8 Å². The van der Waals surface area contributed by atoms with Crippen molar-refractivity contribution < 1.29 is 17.9 Å². The molecule has 0 amide bonds. The van der Waals surface area contributed by atoms with Gasteiger partial charge < -0.3 is 10.1 Å². The molecule has 110 valence electrons. The second kappa shape index (κ2) is 6.39. The number of benzene rings is 1. The van der Waals surface area contributed by atoms with E-state index in [0.717, 1.165) is 12.3 Å². The van der Waals surface area contributed by atoms with Crippen LogP contribution >= 0.6 is 0 Å². The minimum atomic E-state index is -3.90. The highest BCUT2D eigenvalue weighted by Crippen LogP contribution is 2.19. The highest BCUT2D eigenvalue weighted by Gasteiger charge is 2.17. The number of aliphatic hydroxyl groups excluding tert-OH is 1. The highest BCUT2D eigenvalue weighted by molar-refractivity contribution is 7.92. The molecule has 6 nitrogen and oxygen atoms in total. The SMILES string of the molecule is O=S(=O)(Nc1ccc(C#CCCO)cc1F)c1cnc[nH]1. The summed E-state index contributed by atoms with van der Waals surface area (Å²) in [5.74, 6) is 4.57. The highest BCUT2D eigenvalue weighted by atomic mass is 32.2. The average molecular weight is 309 g/mol. The zero-order valence-electron chi connectivity index (χ0n) is 10.8. The van der Waals surface area contributed by atoms with Gasteiger partial charge in [0.25, 0.3) is 10.0 Å². The summed E-state index contributed by atoms with van der Waals surface area (Å²) in [6.07, 6.45) is 2.62. The van der Waals surface area contributed by atoms with Gasteiger partial charge in [-0.05, 0) is 18.2 Å². The first kappa shape index (κ1) is 15.0.